The molecule has 1 heterocycles. The standard InChI is InChI=1S/C20H25NO2/c1-16-6-3-7-17(12-16)14-21-11-5-10-20(22,15-21)18-8-4-9-19(13-18)23-2/h3-4,6-9,12-13,22H,5,10-11,14-15H2,1-2H3. The SMILES string of the molecule is COc1cccc(C2(O)CCCN(Cc3cccc(C)c3)C2)c1. The lowest BCUT2D eigenvalue weighted by molar-refractivity contribution is -0.0382. The molecule has 0 spiro atoms. The molecule has 1 atom stereocenters. The molecule has 122 valence electrons. The molecule has 0 bridgehead atoms. The van der Waals surface area contributed by atoms with Gasteiger partial charge in [-0.3, -0.25) is 4.90 Å². The van der Waals surface area contributed by atoms with Crippen molar-refractivity contribution >= 4 is 0 Å². The molecule has 3 nitrogen and oxygen atoms in total. The van der Waals surface area contributed by atoms with Crippen LogP contribution in [-0.4, -0.2) is 30.2 Å². The lowest BCUT2D eigenvalue weighted by atomic mass is 9.85. The average Bonchev–Trinajstić information content (AvgIpc) is 2.55. The third-order valence-corrected chi connectivity index (χ3v) is 4.65. The van der Waals surface area contributed by atoms with Gasteiger partial charge in [0, 0.05) is 13.1 Å². The van der Waals surface area contributed by atoms with E-state index in [1.807, 2.05) is 24.3 Å². The second-order valence-electron chi connectivity index (χ2n) is 6.57. The molecule has 0 aromatic heterocycles. The normalized spacial score (nSPS) is 22.0. The van der Waals surface area contributed by atoms with E-state index in [1.54, 1.807) is 7.11 Å². The van der Waals surface area contributed by atoms with Crippen molar-refractivity contribution in [1.29, 1.82) is 0 Å². The van der Waals surface area contributed by atoms with Crippen LogP contribution in [0.3, 0.4) is 0 Å². The maximum absolute atomic E-state index is 11.2. The molecule has 1 aliphatic heterocycles. The van der Waals surface area contributed by atoms with E-state index >= 15 is 0 Å². The highest BCUT2D eigenvalue weighted by molar-refractivity contribution is 5.33. The first-order chi connectivity index (χ1) is 11.1. The Hall–Kier alpha value is -1.84. The zero-order chi connectivity index (χ0) is 16.3. The second kappa shape index (κ2) is 6.73. The van der Waals surface area contributed by atoms with Gasteiger partial charge >= 0.3 is 0 Å². The van der Waals surface area contributed by atoms with E-state index < -0.39 is 5.60 Å². The molecular formula is C20H25NO2. The number of hydrogen-bond donors (Lipinski definition) is 1. The van der Waals surface area contributed by atoms with E-state index in [-0.39, 0.29) is 0 Å². The second-order valence-corrected chi connectivity index (χ2v) is 6.57. The number of ether oxygens (including phenoxy) is 1. The number of aliphatic hydroxyl groups is 1. The number of β-amino-alcohol motifs (C(OH)–C–C–N with tert-alkyl or cyclic N) is 1. The van der Waals surface area contributed by atoms with Gasteiger partial charge in [0.15, 0.2) is 0 Å². The quantitative estimate of drug-likeness (QED) is 0.938. The molecule has 1 saturated heterocycles. The highest BCUT2D eigenvalue weighted by Gasteiger charge is 2.35. The van der Waals surface area contributed by atoms with Gasteiger partial charge in [-0.15, -0.1) is 0 Å². The van der Waals surface area contributed by atoms with Crippen molar-refractivity contribution in [2.24, 2.45) is 0 Å². The maximum atomic E-state index is 11.2. The van der Waals surface area contributed by atoms with Gasteiger partial charge in [0.25, 0.3) is 0 Å². The van der Waals surface area contributed by atoms with Crippen LogP contribution in [0.25, 0.3) is 0 Å². The molecule has 0 radical (unpaired) electrons. The number of likely N-dealkylation sites (tertiary alicyclic amines) is 1. The van der Waals surface area contributed by atoms with Gasteiger partial charge < -0.3 is 9.84 Å². The summed E-state index contributed by atoms with van der Waals surface area (Å²) < 4.78 is 5.30. The molecule has 23 heavy (non-hydrogen) atoms. The molecular weight excluding hydrogens is 286 g/mol. The summed E-state index contributed by atoms with van der Waals surface area (Å²) in [5.74, 6) is 0.798. The Bertz CT molecular complexity index is 670. The van der Waals surface area contributed by atoms with Crippen LogP contribution in [0.1, 0.15) is 29.5 Å². The van der Waals surface area contributed by atoms with Gasteiger partial charge in [-0.1, -0.05) is 42.0 Å². The predicted octanol–water partition coefficient (Wildman–Crippen LogP) is 3.49. The lowest BCUT2D eigenvalue weighted by Gasteiger charge is -2.39. The fourth-order valence-corrected chi connectivity index (χ4v) is 3.47. The summed E-state index contributed by atoms with van der Waals surface area (Å²) >= 11 is 0. The number of aryl methyl sites for hydroxylation is 1. The molecule has 0 amide bonds. The van der Waals surface area contributed by atoms with Crippen molar-refractivity contribution in [3.8, 4) is 5.75 Å². The lowest BCUT2D eigenvalue weighted by Crippen LogP contribution is -2.45. The van der Waals surface area contributed by atoms with Gasteiger partial charge in [-0.25, -0.2) is 0 Å². The van der Waals surface area contributed by atoms with Gasteiger partial charge in [0.2, 0.25) is 0 Å². The number of methoxy groups -OCH3 is 1. The zero-order valence-electron chi connectivity index (χ0n) is 14.0. The van der Waals surface area contributed by atoms with E-state index in [0.29, 0.717) is 6.54 Å². The molecule has 1 fully saturated rings. The van der Waals surface area contributed by atoms with Gasteiger partial charge in [0.05, 0.1) is 7.11 Å². The van der Waals surface area contributed by atoms with E-state index in [1.165, 1.54) is 11.1 Å². The summed E-state index contributed by atoms with van der Waals surface area (Å²) in [7, 11) is 1.66. The van der Waals surface area contributed by atoms with Crippen molar-refractivity contribution in [2.45, 2.75) is 31.9 Å². The number of benzene rings is 2. The van der Waals surface area contributed by atoms with Gasteiger partial charge in [-0.05, 0) is 49.6 Å². The van der Waals surface area contributed by atoms with Crippen LogP contribution in [-0.2, 0) is 12.1 Å². The molecule has 3 rings (SSSR count). The van der Waals surface area contributed by atoms with Crippen LogP contribution >= 0.6 is 0 Å². The third kappa shape index (κ3) is 3.74. The third-order valence-electron chi connectivity index (χ3n) is 4.65. The van der Waals surface area contributed by atoms with Crippen LogP contribution in [0, 0.1) is 6.92 Å². The summed E-state index contributed by atoms with van der Waals surface area (Å²) in [6, 6.07) is 16.4. The molecule has 1 unspecified atom stereocenters. The first-order valence-corrected chi connectivity index (χ1v) is 8.24. The summed E-state index contributed by atoms with van der Waals surface area (Å²) in [6.45, 7) is 4.69. The number of rotatable bonds is 4. The monoisotopic (exact) mass is 311 g/mol. The van der Waals surface area contributed by atoms with Crippen molar-refractivity contribution in [3.05, 3.63) is 65.2 Å². The Kier molecular flexibility index (Phi) is 4.69. The van der Waals surface area contributed by atoms with Crippen LogP contribution in [0.5, 0.6) is 5.75 Å². The van der Waals surface area contributed by atoms with Gasteiger partial charge in [0.1, 0.15) is 11.4 Å². The van der Waals surface area contributed by atoms with Crippen LogP contribution in [0.4, 0.5) is 0 Å². The summed E-state index contributed by atoms with van der Waals surface area (Å²) in [5, 5.41) is 11.2. The van der Waals surface area contributed by atoms with Crippen molar-refractivity contribution in [3.63, 3.8) is 0 Å². The predicted molar refractivity (Wildman–Crippen MR) is 92.6 cm³/mol. The minimum absolute atomic E-state index is 0.661. The van der Waals surface area contributed by atoms with Crippen LogP contribution in [0.2, 0.25) is 0 Å². The van der Waals surface area contributed by atoms with Crippen LogP contribution in [0.15, 0.2) is 48.5 Å². The molecule has 1 aliphatic rings. The minimum atomic E-state index is -0.795. The molecule has 1 N–H and O–H groups in total. The number of piperidine rings is 1. The molecule has 0 saturated carbocycles. The summed E-state index contributed by atoms with van der Waals surface area (Å²) in [4.78, 5) is 2.34. The molecule has 2 aromatic carbocycles. The van der Waals surface area contributed by atoms with Gasteiger partial charge in [-0.2, -0.15) is 0 Å². The zero-order valence-corrected chi connectivity index (χ0v) is 14.0. The maximum Gasteiger partial charge on any atom is 0.119 e. The smallest absolute Gasteiger partial charge is 0.119 e. The van der Waals surface area contributed by atoms with E-state index in [0.717, 1.165) is 37.2 Å². The van der Waals surface area contributed by atoms with Crippen LogP contribution < -0.4 is 4.74 Å². The summed E-state index contributed by atoms with van der Waals surface area (Å²) in [5.41, 5.74) is 2.74. The van der Waals surface area contributed by atoms with E-state index in [2.05, 4.69) is 36.1 Å². The largest absolute Gasteiger partial charge is 0.497 e. The Balaban J connectivity index is 1.76. The first kappa shape index (κ1) is 16.0. The highest BCUT2D eigenvalue weighted by atomic mass is 16.5. The van der Waals surface area contributed by atoms with Crippen molar-refractivity contribution < 1.29 is 9.84 Å². The molecule has 2 aromatic rings. The number of hydrogen-bond acceptors (Lipinski definition) is 3. The Morgan fingerprint density at radius 1 is 1.17 bits per heavy atom. The Morgan fingerprint density at radius 3 is 2.78 bits per heavy atom. The first-order valence-electron chi connectivity index (χ1n) is 8.24. The minimum Gasteiger partial charge on any atom is -0.497 e. The van der Waals surface area contributed by atoms with E-state index in [4.69, 9.17) is 4.74 Å². The van der Waals surface area contributed by atoms with Crippen molar-refractivity contribution in [2.75, 3.05) is 20.2 Å². The topological polar surface area (TPSA) is 32.7 Å². The van der Waals surface area contributed by atoms with Crippen molar-refractivity contribution in [1.82, 2.24) is 4.90 Å². The fourth-order valence-electron chi connectivity index (χ4n) is 3.47. The van der Waals surface area contributed by atoms with E-state index in [9.17, 15) is 5.11 Å². The number of nitrogens with zero attached hydrogens (tertiary/aromatic N) is 1. The summed E-state index contributed by atoms with van der Waals surface area (Å²) in [6.07, 6.45) is 1.80. The molecule has 0 aliphatic carbocycles. The highest BCUT2D eigenvalue weighted by Crippen LogP contribution is 2.33. The Labute approximate surface area is 138 Å². The Morgan fingerprint density at radius 2 is 2.00 bits per heavy atom. The average molecular weight is 311 g/mol. The molecule has 3 heteroatoms. The fraction of sp³-hybridized carbons (Fsp3) is 0.400.